The molecule has 0 radical (unpaired) electrons. The molecular weight excluding hydrogens is 985 g/mol. The van der Waals surface area contributed by atoms with Crippen LogP contribution in [0.1, 0.15) is 112 Å². The van der Waals surface area contributed by atoms with Crippen molar-refractivity contribution in [2.45, 2.75) is 104 Å². The Kier molecular flexibility index (Phi) is 16.8. The highest BCUT2D eigenvalue weighted by Crippen LogP contribution is 2.31. The molecule has 2 aliphatic heterocycles. The van der Waals surface area contributed by atoms with E-state index in [0.717, 1.165) is 72.5 Å². The molecule has 3 aromatic heterocycles. The van der Waals surface area contributed by atoms with Crippen molar-refractivity contribution in [1.82, 2.24) is 44.9 Å². The van der Waals surface area contributed by atoms with Crippen LogP contribution in [0, 0.1) is 11.6 Å². The number of likely N-dealkylation sites (tertiary alicyclic amines) is 2. The lowest BCUT2D eigenvalue weighted by molar-refractivity contribution is -0.131. The van der Waals surface area contributed by atoms with Crippen LogP contribution in [0.25, 0.3) is 33.3 Å². The molecule has 5 amide bonds. The van der Waals surface area contributed by atoms with E-state index in [2.05, 4.69) is 20.4 Å². The smallest absolute Gasteiger partial charge is 0.324 e. The third kappa shape index (κ3) is 12.4. The number of hydrogen-bond donors (Lipinski definition) is 1. The average molecular weight is 1040 g/mol. The van der Waals surface area contributed by atoms with E-state index >= 15 is 8.78 Å². The summed E-state index contributed by atoms with van der Waals surface area (Å²) in [6.45, 7) is 9.81. The summed E-state index contributed by atoms with van der Waals surface area (Å²) in [7, 11) is 0. The van der Waals surface area contributed by atoms with E-state index in [-0.39, 0.29) is 65.4 Å². The number of carbonyl (C=O) groups excluding carboxylic acids is 4. The monoisotopic (exact) mass is 1040 g/mol. The molecule has 0 unspecified atom stereocenters. The van der Waals surface area contributed by atoms with Crippen molar-refractivity contribution in [3.05, 3.63) is 119 Å². The first-order valence-electron chi connectivity index (χ1n) is 24.8. The minimum atomic E-state index is -3.25. The van der Waals surface area contributed by atoms with E-state index in [1.54, 1.807) is 33.2 Å². The van der Waals surface area contributed by atoms with Gasteiger partial charge in [-0.15, -0.1) is 10.2 Å². The molecule has 0 spiro atoms. The fraction of sp³-hybridized carbons (Fsp3) is 0.396. The SMILES string of the molecule is CC(C)n1ncc2ccc(N(Cc3ccc(-c4nnc(C(F)F)o4)cc3F)C(=O)N3CCCCC3)cc21.CC(C)n1ncc2ccc(N(Cc3ccc(C(=O)CNC(=O)C(F)F)cc3F)C(=O)N3CCCCC3)cc21. The van der Waals surface area contributed by atoms with Crippen LogP contribution < -0.4 is 15.1 Å². The van der Waals surface area contributed by atoms with E-state index in [4.69, 9.17) is 4.42 Å². The van der Waals surface area contributed by atoms with Gasteiger partial charge in [-0.1, -0.05) is 18.2 Å². The Morgan fingerprint density at radius 3 is 1.56 bits per heavy atom. The molecule has 75 heavy (non-hydrogen) atoms. The van der Waals surface area contributed by atoms with Crippen LogP contribution in [0.3, 0.4) is 0 Å². The molecule has 0 atom stereocenters. The number of benzene rings is 4. The molecule has 5 heterocycles. The van der Waals surface area contributed by atoms with Crippen LogP contribution in [0.4, 0.5) is 47.3 Å². The standard InChI is InChI=1S/C27H30F3N5O3.C26H27F3N6O2/c1-17(2)35-23-13-21(9-8-19(23)14-32-35)34(27(38)33-10-4-3-5-11-33)16-20-7-6-18(12-22(20)28)24(36)15-31-26(37)25(29)30;1-16(2)35-22-13-20(9-8-18(22)14-30-35)34(26(36)33-10-4-3-5-11-33)15-19-7-6-17(12-21(19)27)24-31-32-25(37-24)23(28)29/h6-9,12-14,17,25H,3-5,10-11,15-16H2,1-2H3,(H,31,37);6-9,12-14,16,23H,3-5,10-11,15H2,1-2H3. The van der Waals surface area contributed by atoms with Gasteiger partial charge in [-0.2, -0.15) is 27.8 Å². The second kappa shape index (κ2) is 23.6. The number of amides is 5. The topological polar surface area (TPSA) is 168 Å². The van der Waals surface area contributed by atoms with Gasteiger partial charge in [0, 0.05) is 82.7 Å². The number of anilines is 2. The number of ketones is 1. The molecule has 0 aliphatic carbocycles. The summed E-state index contributed by atoms with van der Waals surface area (Å²) >= 11 is 0. The maximum absolute atomic E-state index is 15.3. The molecule has 9 rings (SSSR count). The van der Waals surface area contributed by atoms with Gasteiger partial charge in [0.25, 0.3) is 11.8 Å². The highest BCUT2D eigenvalue weighted by atomic mass is 19.3. The highest BCUT2D eigenvalue weighted by molar-refractivity contribution is 6.00. The van der Waals surface area contributed by atoms with Crippen LogP contribution in [0.5, 0.6) is 0 Å². The molecule has 396 valence electrons. The Morgan fingerprint density at radius 1 is 0.627 bits per heavy atom. The van der Waals surface area contributed by atoms with Gasteiger partial charge in [-0.05, 0) is 121 Å². The highest BCUT2D eigenvalue weighted by Gasteiger charge is 2.29. The zero-order valence-corrected chi connectivity index (χ0v) is 41.9. The number of halogens is 6. The molecule has 0 bridgehead atoms. The summed E-state index contributed by atoms with van der Waals surface area (Å²) in [5.41, 5.74) is 3.50. The van der Waals surface area contributed by atoms with E-state index < -0.39 is 48.6 Å². The summed E-state index contributed by atoms with van der Waals surface area (Å²) in [6.07, 6.45) is 3.14. The number of Topliss-reactive ketones (excluding diaryl/α,β-unsaturated/α-hetero) is 1. The fourth-order valence-electron chi connectivity index (χ4n) is 9.05. The number of fused-ring (bicyclic) bond motifs is 2. The van der Waals surface area contributed by atoms with Crippen LogP contribution in [-0.4, -0.2) is 102 Å². The second-order valence-corrected chi connectivity index (χ2v) is 19.0. The number of alkyl halides is 4. The molecule has 16 nitrogen and oxygen atoms in total. The van der Waals surface area contributed by atoms with Crippen LogP contribution >= 0.6 is 0 Å². The van der Waals surface area contributed by atoms with Gasteiger partial charge in [-0.25, -0.2) is 18.4 Å². The van der Waals surface area contributed by atoms with Gasteiger partial charge in [0.05, 0.1) is 43.1 Å². The Morgan fingerprint density at radius 2 is 1.12 bits per heavy atom. The number of piperidine rings is 2. The Balaban J connectivity index is 0.000000199. The van der Waals surface area contributed by atoms with Gasteiger partial charge in [0.2, 0.25) is 5.89 Å². The predicted octanol–water partition coefficient (Wildman–Crippen LogP) is 11.3. The van der Waals surface area contributed by atoms with Crippen LogP contribution in [-0.2, 0) is 17.9 Å². The summed E-state index contributed by atoms with van der Waals surface area (Å²) in [5.74, 6) is -4.64. The largest absolute Gasteiger partial charge is 0.415 e. The zero-order chi connectivity index (χ0) is 53.5. The molecule has 22 heteroatoms. The number of rotatable bonds is 14. The van der Waals surface area contributed by atoms with Crippen molar-refractivity contribution in [3.63, 3.8) is 0 Å². The van der Waals surface area contributed by atoms with E-state index in [1.807, 2.05) is 72.7 Å². The van der Waals surface area contributed by atoms with Crippen LogP contribution in [0.15, 0.2) is 89.6 Å². The van der Waals surface area contributed by atoms with Gasteiger partial charge < -0.3 is 19.5 Å². The second-order valence-electron chi connectivity index (χ2n) is 19.0. The normalized spacial score (nSPS) is 14.0. The number of hydrogen-bond acceptors (Lipinski definition) is 9. The summed E-state index contributed by atoms with van der Waals surface area (Å²) in [6, 6.07) is 18.9. The first-order chi connectivity index (χ1) is 36.0. The Bertz CT molecular complexity index is 3160. The zero-order valence-electron chi connectivity index (χ0n) is 41.9. The van der Waals surface area contributed by atoms with Crippen molar-refractivity contribution in [1.29, 1.82) is 0 Å². The lowest BCUT2D eigenvalue weighted by atomic mass is 10.1. The summed E-state index contributed by atoms with van der Waals surface area (Å²) in [4.78, 5) is 57.3. The van der Waals surface area contributed by atoms with Gasteiger partial charge in [0.1, 0.15) is 11.6 Å². The van der Waals surface area contributed by atoms with Gasteiger partial charge in [0.15, 0.2) is 5.78 Å². The fourth-order valence-corrected chi connectivity index (χ4v) is 9.05. The van der Waals surface area contributed by atoms with Crippen molar-refractivity contribution < 1.29 is 49.9 Å². The summed E-state index contributed by atoms with van der Waals surface area (Å²) in [5, 5.41) is 19.4. The first-order valence-corrected chi connectivity index (χ1v) is 24.8. The van der Waals surface area contributed by atoms with Crippen molar-refractivity contribution >= 4 is 56.9 Å². The maximum atomic E-state index is 15.3. The van der Waals surface area contributed by atoms with E-state index in [9.17, 15) is 36.7 Å². The molecule has 2 saturated heterocycles. The van der Waals surface area contributed by atoms with Gasteiger partial charge in [-0.3, -0.25) is 28.8 Å². The lowest BCUT2D eigenvalue weighted by Gasteiger charge is -2.33. The molecule has 7 aromatic rings. The van der Waals surface area contributed by atoms with Crippen molar-refractivity contribution in [2.75, 3.05) is 42.5 Å². The number of carbonyl (C=O) groups is 4. The van der Waals surface area contributed by atoms with E-state index in [1.165, 1.54) is 29.2 Å². The number of nitrogens with zero attached hydrogens (tertiary/aromatic N) is 10. The number of urea groups is 2. The molecule has 2 aliphatic rings. The molecule has 1 N–H and O–H groups in total. The molecular formula is C53H57F6N11O5. The Labute approximate surface area is 428 Å². The third-order valence-electron chi connectivity index (χ3n) is 13.1. The molecule has 4 aromatic carbocycles. The first kappa shape index (κ1) is 53.5. The minimum absolute atomic E-state index is 0.0190. The Hall–Kier alpha value is -7.78. The predicted molar refractivity (Wildman–Crippen MR) is 269 cm³/mol. The average Bonchev–Trinajstić information content (AvgIpc) is 4.19. The van der Waals surface area contributed by atoms with E-state index in [0.29, 0.717) is 37.6 Å². The third-order valence-corrected chi connectivity index (χ3v) is 13.1. The lowest BCUT2D eigenvalue weighted by Crippen LogP contribution is -2.45. The summed E-state index contributed by atoms with van der Waals surface area (Å²) < 4.78 is 89.4. The number of aromatic nitrogens is 6. The maximum Gasteiger partial charge on any atom is 0.324 e. The molecule has 0 saturated carbocycles. The van der Waals surface area contributed by atoms with Crippen LogP contribution in [0.2, 0.25) is 0 Å². The minimum Gasteiger partial charge on any atom is -0.415 e. The number of nitrogens with one attached hydrogen (secondary N) is 1. The van der Waals surface area contributed by atoms with Crippen molar-refractivity contribution in [2.24, 2.45) is 0 Å². The van der Waals surface area contributed by atoms with Crippen molar-refractivity contribution in [3.8, 4) is 11.5 Å². The molecule has 2 fully saturated rings. The van der Waals surface area contributed by atoms with Gasteiger partial charge >= 0.3 is 24.9 Å². The quantitative estimate of drug-likeness (QED) is 0.0823.